The first-order chi connectivity index (χ1) is 17.3. The van der Waals surface area contributed by atoms with Crippen LogP contribution in [0.4, 0.5) is 5.69 Å². The van der Waals surface area contributed by atoms with Crippen molar-refractivity contribution in [3.63, 3.8) is 0 Å². The molecule has 1 atom stereocenters. The van der Waals surface area contributed by atoms with Gasteiger partial charge in [-0.3, -0.25) is 14.9 Å². The molecule has 8 nitrogen and oxygen atoms in total. The zero-order valence-electron chi connectivity index (χ0n) is 19.5. The lowest BCUT2D eigenvalue weighted by Gasteiger charge is -2.14. The number of non-ortho nitro benzene ring substituents is 1. The molecular formula is C26H22BrClN4O4. The zero-order chi connectivity index (χ0) is 25.8. The average Bonchev–Trinajstić information content (AvgIpc) is 2.87. The Morgan fingerprint density at radius 3 is 2.64 bits per heavy atom. The molecule has 0 aliphatic carbocycles. The highest BCUT2D eigenvalue weighted by molar-refractivity contribution is 9.10. The first kappa shape index (κ1) is 25.5. The number of rotatable bonds is 8. The van der Waals surface area contributed by atoms with Crippen LogP contribution in [-0.2, 0) is 6.61 Å². The van der Waals surface area contributed by atoms with E-state index in [-0.39, 0.29) is 23.8 Å². The number of hydrogen-bond donors (Lipinski definition) is 0. The fourth-order valence-electron chi connectivity index (χ4n) is 3.53. The molecule has 0 bridgehead atoms. The number of nitrogens with zero attached hydrogens (tertiary/aromatic N) is 4. The molecule has 0 fully saturated rings. The van der Waals surface area contributed by atoms with Gasteiger partial charge in [-0.2, -0.15) is 9.78 Å². The number of halogens is 2. The lowest BCUT2D eigenvalue weighted by molar-refractivity contribution is -0.384. The smallest absolute Gasteiger partial charge is 0.282 e. The number of ether oxygens (including phenoxy) is 1. The minimum absolute atomic E-state index is 0.000107. The number of fused-ring (bicyclic) bond motifs is 1. The van der Waals surface area contributed by atoms with Gasteiger partial charge < -0.3 is 4.74 Å². The van der Waals surface area contributed by atoms with Crippen molar-refractivity contribution in [1.29, 1.82) is 0 Å². The minimum atomic E-state index is -0.450. The maximum absolute atomic E-state index is 13.4. The van der Waals surface area contributed by atoms with E-state index in [1.54, 1.807) is 36.4 Å². The van der Waals surface area contributed by atoms with Gasteiger partial charge in [-0.1, -0.05) is 41.4 Å². The normalized spacial score (nSPS) is 12.2. The summed E-state index contributed by atoms with van der Waals surface area (Å²) in [7, 11) is 0. The Kier molecular flexibility index (Phi) is 7.81. The molecule has 0 saturated heterocycles. The molecule has 0 unspecified atom stereocenters. The third kappa shape index (κ3) is 5.63. The topological polar surface area (TPSA) is 99.6 Å². The van der Waals surface area contributed by atoms with Crippen LogP contribution >= 0.6 is 27.5 Å². The first-order valence-corrected chi connectivity index (χ1v) is 12.4. The molecule has 4 aromatic rings. The third-order valence-electron chi connectivity index (χ3n) is 5.71. The van der Waals surface area contributed by atoms with Crippen LogP contribution in [0.2, 0.25) is 5.02 Å². The Balaban J connectivity index is 1.69. The summed E-state index contributed by atoms with van der Waals surface area (Å²) in [6.07, 6.45) is 2.31. The molecule has 0 aliphatic rings. The average molecular weight is 570 g/mol. The van der Waals surface area contributed by atoms with Crippen molar-refractivity contribution >= 4 is 50.3 Å². The van der Waals surface area contributed by atoms with Crippen molar-refractivity contribution in [3.8, 4) is 5.75 Å². The fraction of sp³-hybridized carbons (Fsp3) is 0.192. The number of hydrogen-bond acceptors (Lipinski definition) is 6. The Bertz CT molecular complexity index is 1520. The number of aromatic nitrogens is 2. The van der Waals surface area contributed by atoms with Crippen molar-refractivity contribution in [2.75, 3.05) is 0 Å². The van der Waals surface area contributed by atoms with E-state index >= 15 is 0 Å². The summed E-state index contributed by atoms with van der Waals surface area (Å²) in [4.78, 5) is 28.5. The molecule has 184 valence electrons. The van der Waals surface area contributed by atoms with E-state index in [0.29, 0.717) is 33.1 Å². The van der Waals surface area contributed by atoms with Gasteiger partial charge in [0.2, 0.25) is 0 Å². The van der Waals surface area contributed by atoms with Gasteiger partial charge in [0.15, 0.2) is 0 Å². The van der Waals surface area contributed by atoms with E-state index in [2.05, 4.69) is 21.0 Å². The van der Waals surface area contributed by atoms with Crippen molar-refractivity contribution < 1.29 is 9.66 Å². The van der Waals surface area contributed by atoms with Gasteiger partial charge in [0.05, 0.1) is 22.0 Å². The van der Waals surface area contributed by atoms with Crippen LogP contribution in [0.3, 0.4) is 0 Å². The lowest BCUT2D eigenvalue weighted by atomic mass is 10.1. The second kappa shape index (κ2) is 11.0. The molecule has 0 aliphatic heterocycles. The Labute approximate surface area is 220 Å². The van der Waals surface area contributed by atoms with Crippen molar-refractivity contribution in [2.45, 2.75) is 32.8 Å². The summed E-state index contributed by atoms with van der Waals surface area (Å²) in [6.45, 7) is 4.21. The van der Waals surface area contributed by atoms with E-state index < -0.39 is 4.92 Å². The summed E-state index contributed by atoms with van der Waals surface area (Å²) < 4.78 is 8.05. The molecule has 0 radical (unpaired) electrons. The highest BCUT2D eigenvalue weighted by Crippen LogP contribution is 2.24. The standard InChI is InChI=1S/C26H22BrClN4O4/c1-3-16(2)25-30-23-10-6-19(27)13-22(23)26(33)31(25)29-14-18-12-20(28)7-11-24(18)36-15-17-4-8-21(9-5-17)32(34)35/h4-14,16H,3,15H2,1-2H3/t16-/m1/s1. The monoisotopic (exact) mass is 568 g/mol. The minimum Gasteiger partial charge on any atom is -0.488 e. The first-order valence-electron chi connectivity index (χ1n) is 11.2. The van der Waals surface area contributed by atoms with E-state index in [1.807, 2.05) is 26.0 Å². The molecule has 0 amide bonds. The molecule has 3 aromatic carbocycles. The summed E-state index contributed by atoms with van der Waals surface area (Å²) in [5.74, 6) is 1.06. The van der Waals surface area contributed by atoms with E-state index in [4.69, 9.17) is 21.3 Å². The highest BCUT2D eigenvalue weighted by Gasteiger charge is 2.16. The summed E-state index contributed by atoms with van der Waals surface area (Å²) in [5.41, 5.74) is 1.68. The predicted molar refractivity (Wildman–Crippen MR) is 144 cm³/mol. The van der Waals surface area contributed by atoms with Crippen molar-refractivity contribution in [3.05, 3.63) is 108 Å². The Morgan fingerprint density at radius 2 is 1.94 bits per heavy atom. The highest BCUT2D eigenvalue weighted by atomic mass is 79.9. The van der Waals surface area contributed by atoms with Gasteiger partial charge in [-0.05, 0) is 60.5 Å². The Morgan fingerprint density at radius 1 is 1.19 bits per heavy atom. The molecule has 1 aromatic heterocycles. The van der Waals surface area contributed by atoms with Gasteiger partial charge in [0.25, 0.3) is 11.2 Å². The van der Waals surface area contributed by atoms with Crippen molar-refractivity contribution in [2.24, 2.45) is 5.10 Å². The zero-order valence-corrected chi connectivity index (χ0v) is 21.9. The summed E-state index contributed by atoms with van der Waals surface area (Å²) in [6, 6.07) is 16.6. The summed E-state index contributed by atoms with van der Waals surface area (Å²) >= 11 is 9.64. The van der Waals surface area contributed by atoms with Gasteiger partial charge in [-0.15, -0.1) is 0 Å². The van der Waals surface area contributed by atoms with Gasteiger partial charge in [0.1, 0.15) is 18.2 Å². The molecule has 0 saturated carbocycles. The van der Waals surface area contributed by atoms with Gasteiger partial charge >= 0.3 is 0 Å². The number of nitro groups is 1. The van der Waals surface area contributed by atoms with Crippen LogP contribution in [0.5, 0.6) is 5.75 Å². The van der Waals surface area contributed by atoms with Crippen LogP contribution in [0.15, 0.2) is 75.0 Å². The molecular weight excluding hydrogens is 548 g/mol. The van der Waals surface area contributed by atoms with Crippen LogP contribution in [0.25, 0.3) is 10.9 Å². The fourth-order valence-corrected chi connectivity index (χ4v) is 4.07. The number of benzene rings is 3. The molecule has 36 heavy (non-hydrogen) atoms. The molecule has 0 spiro atoms. The van der Waals surface area contributed by atoms with Crippen LogP contribution < -0.4 is 10.3 Å². The molecule has 1 heterocycles. The van der Waals surface area contributed by atoms with Crippen LogP contribution in [0.1, 0.15) is 43.1 Å². The quantitative estimate of drug-likeness (QED) is 0.134. The molecule has 0 N–H and O–H groups in total. The predicted octanol–water partition coefficient (Wildman–Crippen LogP) is 6.70. The second-order valence-electron chi connectivity index (χ2n) is 8.20. The third-order valence-corrected chi connectivity index (χ3v) is 6.44. The SMILES string of the molecule is CC[C@@H](C)c1nc2ccc(Br)cc2c(=O)n1N=Cc1cc(Cl)ccc1OCc1ccc([N+](=O)[O-])cc1. The van der Waals surface area contributed by atoms with E-state index in [1.165, 1.54) is 23.0 Å². The van der Waals surface area contributed by atoms with Crippen LogP contribution in [0, 0.1) is 10.1 Å². The lowest BCUT2D eigenvalue weighted by Crippen LogP contribution is -2.23. The van der Waals surface area contributed by atoms with E-state index in [0.717, 1.165) is 16.5 Å². The Hall–Kier alpha value is -3.56. The van der Waals surface area contributed by atoms with Crippen molar-refractivity contribution in [1.82, 2.24) is 9.66 Å². The molecule has 10 heteroatoms. The number of nitro benzene ring substituents is 1. The summed E-state index contributed by atoms with van der Waals surface area (Å²) in [5, 5.41) is 16.3. The second-order valence-corrected chi connectivity index (χ2v) is 9.55. The largest absolute Gasteiger partial charge is 0.488 e. The van der Waals surface area contributed by atoms with E-state index in [9.17, 15) is 14.9 Å². The maximum Gasteiger partial charge on any atom is 0.282 e. The van der Waals surface area contributed by atoms with Crippen LogP contribution in [-0.4, -0.2) is 20.8 Å². The van der Waals surface area contributed by atoms with Gasteiger partial charge in [0, 0.05) is 33.1 Å². The van der Waals surface area contributed by atoms with Gasteiger partial charge in [-0.25, -0.2) is 4.98 Å². The molecule has 4 rings (SSSR count). The maximum atomic E-state index is 13.4.